The fourth-order valence-corrected chi connectivity index (χ4v) is 8.94. The maximum atomic E-state index is 6.60. The van der Waals surface area contributed by atoms with Gasteiger partial charge in [-0.05, 0) is 90.5 Å². The number of benzene rings is 7. The van der Waals surface area contributed by atoms with Gasteiger partial charge in [-0.1, -0.05) is 105 Å². The molecule has 0 N–H and O–H groups in total. The molecule has 5 heterocycles. The van der Waals surface area contributed by atoms with E-state index in [1.165, 1.54) is 22.4 Å². The van der Waals surface area contributed by atoms with Crippen molar-refractivity contribution in [3.8, 4) is 51.3 Å². The summed E-state index contributed by atoms with van der Waals surface area (Å²) in [5.41, 5.74) is 15.3. The molecule has 2 aliphatic heterocycles. The molecule has 7 aromatic carbocycles. The van der Waals surface area contributed by atoms with Gasteiger partial charge in [0.1, 0.15) is 5.69 Å². The van der Waals surface area contributed by atoms with Crippen LogP contribution in [0.1, 0.15) is 61.8 Å². The Morgan fingerprint density at radius 3 is 1.98 bits per heavy atom. The van der Waals surface area contributed by atoms with Crippen molar-refractivity contribution in [2.45, 2.75) is 53.4 Å². The first kappa shape index (κ1) is 41.0. The minimum Gasteiger partial charge on any atom is -0.497 e. The molecule has 2 aliphatic rings. The number of pyridine rings is 1. The molecule has 0 spiro atoms. The van der Waals surface area contributed by atoms with E-state index in [4.69, 9.17) is 18.9 Å². The average molecular weight is 1010 g/mol. The zero-order valence-electron chi connectivity index (χ0n) is 36.4. The SMILES string of the molecule is CC(C)c1cccc(C(C)C)c1-n1c(-c2[c-]cccc2)nc2ccccc21.Cc1cnc(-c2[c-]ccc3c2oc2c4c5c(cc23)Oc2ccccc2N5c2ccccc2O4)cc1C.[Ir]. The minimum atomic E-state index is 0. The van der Waals surface area contributed by atoms with Crippen LogP contribution in [-0.2, 0) is 20.1 Å². The van der Waals surface area contributed by atoms with E-state index in [9.17, 15) is 0 Å². The average Bonchev–Trinajstić information content (AvgIpc) is 3.89. The first-order valence-corrected chi connectivity index (χ1v) is 21.5. The van der Waals surface area contributed by atoms with Crippen molar-refractivity contribution in [2.75, 3.05) is 4.90 Å². The summed E-state index contributed by atoms with van der Waals surface area (Å²) < 4.78 is 21.9. The van der Waals surface area contributed by atoms with Crippen LogP contribution in [0.25, 0.3) is 61.3 Å². The number of ether oxygens (including phenoxy) is 2. The Labute approximate surface area is 386 Å². The van der Waals surface area contributed by atoms with E-state index in [2.05, 4.69) is 141 Å². The number of hydrogen-bond donors (Lipinski definition) is 0. The molecule has 0 aliphatic carbocycles. The van der Waals surface area contributed by atoms with Crippen molar-refractivity contribution in [1.82, 2.24) is 14.5 Å². The van der Waals surface area contributed by atoms with E-state index < -0.39 is 0 Å². The number of furan rings is 1. The number of fused-ring (bicyclic) bond motifs is 9. The zero-order chi connectivity index (χ0) is 42.9. The molecule has 0 saturated heterocycles. The molecule has 12 rings (SSSR count). The van der Waals surface area contributed by atoms with Gasteiger partial charge >= 0.3 is 0 Å². The van der Waals surface area contributed by atoms with E-state index in [0.29, 0.717) is 23.2 Å². The van der Waals surface area contributed by atoms with Crippen molar-refractivity contribution in [3.05, 3.63) is 180 Å². The fourth-order valence-electron chi connectivity index (χ4n) is 8.94. The molecule has 0 saturated carbocycles. The molecule has 0 atom stereocenters. The number of aryl methyl sites for hydroxylation is 2. The maximum absolute atomic E-state index is 6.60. The third-order valence-corrected chi connectivity index (χ3v) is 12.2. The largest absolute Gasteiger partial charge is 0.497 e. The summed E-state index contributed by atoms with van der Waals surface area (Å²) in [5, 5.41) is 1.89. The Morgan fingerprint density at radius 2 is 1.28 bits per heavy atom. The molecule has 1 radical (unpaired) electrons. The predicted octanol–water partition coefficient (Wildman–Crippen LogP) is 15.5. The summed E-state index contributed by atoms with van der Waals surface area (Å²) in [6, 6.07) is 54.1. The van der Waals surface area contributed by atoms with Crippen LogP contribution in [-0.4, -0.2) is 14.5 Å². The van der Waals surface area contributed by atoms with Crippen LogP contribution >= 0.6 is 0 Å². The van der Waals surface area contributed by atoms with E-state index in [0.717, 1.165) is 89.9 Å². The summed E-state index contributed by atoms with van der Waals surface area (Å²) in [4.78, 5) is 11.9. The monoisotopic (exact) mass is 1010 g/mol. The number of aromatic nitrogens is 3. The molecule has 0 fully saturated rings. The van der Waals surface area contributed by atoms with E-state index in [-0.39, 0.29) is 20.1 Å². The van der Waals surface area contributed by atoms with Crippen LogP contribution < -0.4 is 14.4 Å². The topological polar surface area (TPSA) is 65.5 Å². The summed E-state index contributed by atoms with van der Waals surface area (Å²) in [5.74, 6) is 4.74. The smallest absolute Gasteiger partial charge is 0.197 e. The van der Waals surface area contributed by atoms with Gasteiger partial charge in [0, 0.05) is 37.4 Å². The van der Waals surface area contributed by atoms with Crippen LogP contribution in [0.5, 0.6) is 23.0 Å². The Kier molecular flexibility index (Phi) is 10.4. The van der Waals surface area contributed by atoms with E-state index >= 15 is 0 Å². The first-order chi connectivity index (χ1) is 30.7. The number of rotatable bonds is 5. The number of para-hydroxylation sites is 7. The second-order valence-electron chi connectivity index (χ2n) is 16.9. The number of anilines is 3. The molecule has 0 bridgehead atoms. The van der Waals surface area contributed by atoms with Crippen LogP contribution in [0, 0.1) is 26.0 Å². The summed E-state index contributed by atoms with van der Waals surface area (Å²) >= 11 is 0. The van der Waals surface area contributed by atoms with Crippen LogP contribution in [0.3, 0.4) is 0 Å². The minimum absolute atomic E-state index is 0. The van der Waals surface area contributed by atoms with Gasteiger partial charge in [0.05, 0.1) is 33.8 Å². The molecule has 0 unspecified atom stereocenters. The molecule has 317 valence electrons. The standard InChI is InChI=1S/C31H19N2O3.C25H25N2.Ir/c1-17-14-22(32-16-18(17)2)20-9-7-8-19-21-15-27-28-31(30(21)36-29(19)20)35-26-13-6-4-11-24(26)33(28)23-10-3-5-12-25(23)34-27;1-17(2)20-13-10-14-21(18(3)4)24(20)27-23-16-9-8-15-22(23)26-25(27)19-11-6-5-7-12-19;/h3-8,10-16H,1-2H3;5-11,13-18H,1-4H3;/q2*-1;. The summed E-state index contributed by atoms with van der Waals surface area (Å²) in [6.07, 6.45) is 1.89. The molecule has 3 aromatic heterocycles. The Bertz CT molecular complexity index is 3370. The molecule has 0 amide bonds. The van der Waals surface area contributed by atoms with Crippen molar-refractivity contribution < 1.29 is 34.0 Å². The number of nitrogens with zero attached hydrogens (tertiary/aromatic N) is 4. The summed E-state index contributed by atoms with van der Waals surface area (Å²) in [7, 11) is 0. The van der Waals surface area contributed by atoms with E-state index in [1.807, 2.05) is 72.9 Å². The van der Waals surface area contributed by atoms with Crippen molar-refractivity contribution >= 4 is 50.0 Å². The quantitative estimate of drug-likeness (QED) is 0.160. The molecule has 10 aromatic rings. The third-order valence-electron chi connectivity index (χ3n) is 12.2. The Balaban J connectivity index is 0.000000156. The Hall–Kier alpha value is -6.99. The first-order valence-electron chi connectivity index (χ1n) is 21.5. The van der Waals surface area contributed by atoms with Gasteiger partial charge in [-0.3, -0.25) is 9.88 Å². The van der Waals surface area contributed by atoms with Crippen LogP contribution in [0.15, 0.2) is 150 Å². The van der Waals surface area contributed by atoms with Crippen molar-refractivity contribution in [3.63, 3.8) is 0 Å². The predicted molar refractivity (Wildman–Crippen MR) is 254 cm³/mol. The molecule has 8 heteroatoms. The fraction of sp³-hybridized carbons (Fsp3) is 0.143. The van der Waals surface area contributed by atoms with Crippen LogP contribution in [0.2, 0.25) is 0 Å². The van der Waals surface area contributed by atoms with Crippen molar-refractivity contribution in [2.24, 2.45) is 0 Å². The van der Waals surface area contributed by atoms with Gasteiger partial charge in [-0.15, -0.1) is 54.1 Å². The van der Waals surface area contributed by atoms with Gasteiger partial charge in [0.15, 0.2) is 28.6 Å². The summed E-state index contributed by atoms with van der Waals surface area (Å²) in [6.45, 7) is 13.2. The molecular formula is C56H44IrN4O3-2. The second-order valence-corrected chi connectivity index (χ2v) is 16.9. The van der Waals surface area contributed by atoms with Gasteiger partial charge < -0.3 is 23.4 Å². The number of imidazole rings is 1. The third kappa shape index (κ3) is 6.68. The normalized spacial score (nSPS) is 12.3. The molecular weight excluding hydrogens is 969 g/mol. The Morgan fingerprint density at radius 1 is 0.594 bits per heavy atom. The van der Waals surface area contributed by atoms with Crippen LogP contribution in [0.4, 0.5) is 17.1 Å². The van der Waals surface area contributed by atoms with Gasteiger partial charge in [-0.2, -0.15) is 0 Å². The molecule has 64 heavy (non-hydrogen) atoms. The van der Waals surface area contributed by atoms with Gasteiger partial charge in [-0.25, -0.2) is 0 Å². The van der Waals surface area contributed by atoms with Gasteiger partial charge in [0.2, 0.25) is 0 Å². The maximum Gasteiger partial charge on any atom is 0.197 e. The van der Waals surface area contributed by atoms with E-state index in [1.54, 1.807) is 0 Å². The zero-order valence-corrected chi connectivity index (χ0v) is 38.8. The van der Waals surface area contributed by atoms with Crippen molar-refractivity contribution in [1.29, 1.82) is 0 Å². The van der Waals surface area contributed by atoms with Gasteiger partial charge in [0.25, 0.3) is 0 Å². The second kappa shape index (κ2) is 16.3. The number of hydrogen-bond acceptors (Lipinski definition) is 6. The molecule has 7 nitrogen and oxygen atoms in total.